The Balaban J connectivity index is 1.16. The molecule has 7 heteroatoms. The Morgan fingerprint density at radius 2 is 1.53 bits per heavy atom. The highest BCUT2D eigenvalue weighted by Gasteiger charge is 2.54. The van der Waals surface area contributed by atoms with Crippen LogP contribution in [0.15, 0.2) is 54.9 Å². The van der Waals surface area contributed by atoms with Gasteiger partial charge < -0.3 is 5.32 Å². The van der Waals surface area contributed by atoms with Gasteiger partial charge in [0.25, 0.3) is 5.91 Å². The van der Waals surface area contributed by atoms with Crippen LogP contribution in [0, 0.1) is 0 Å². The maximum absolute atomic E-state index is 13.4. The molecule has 3 fully saturated rings. The van der Waals surface area contributed by atoms with Gasteiger partial charge in [-0.15, -0.1) is 0 Å². The van der Waals surface area contributed by atoms with E-state index >= 15 is 0 Å². The fourth-order valence-electron chi connectivity index (χ4n) is 5.33. The molecule has 3 aliphatic rings. The Labute approximate surface area is 189 Å². The second-order valence-corrected chi connectivity index (χ2v) is 9.32. The van der Waals surface area contributed by atoms with E-state index in [0.717, 1.165) is 52.1 Å². The predicted octanol–water partition coefficient (Wildman–Crippen LogP) is 2.63. The number of nitrogens with one attached hydrogen (secondary N) is 1. The van der Waals surface area contributed by atoms with E-state index in [0.29, 0.717) is 12.8 Å². The molecule has 1 N–H and O–H groups in total. The van der Waals surface area contributed by atoms with Crippen LogP contribution in [0.25, 0.3) is 0 Å². The van der Waals surface area contributed by atoms with Crippen molar-refractivity contribution in [2.24, 2.45) is 0 Å². The lowest BCUT2D eigenvalue weighted by molar-refractivity contribution is -0.135. The zero-order chi connectivity index (χ0) is 22.0. The quantitative estimate of drug-likeness (QED) is 0.735. The summed E-state index contributed by atoms with van der Waals surface area (Å²) in [5, 5.41) is 3.09. The SMILES string of the molecule is O=C1NC2(CCN(Cc3ccccc3)CC2)C(=O)N1C1CCN(Cc2cccnc2)CC1. The number of hydrogen-bond donors (Lipinski definition) is 1. The molecule has 1 spiro atoms. The molecule has 0 radical (unpaired) electrons. The van der Waals surface area contributed by atoms with Gasteiger partial charge in [0.15, 0.2) is 0 Å². The van der Waals surface area contributed by atoms with E-state index in [1.54, 1.807) is 11.1 Å². The van der Waals surface area contributed by atoms with Gasteiger partial charge in [-0.05, 0) is 42.9 Å². The Morgan fingerprint density at radius 3 is 2.22 bits per heavy atom. The van der Waals surface area contributed by atoms with Gasteiger partial charge in [-0.1, -0.05) is 36.4 Å². The normalized spacial score (nSPS) is 22.4. The molecule has 5 rings (SSSR count). The number of urea groups is 1. The first-order chi connectivity index (χ1) is 15.6. The fraction of sp³-hybridized carbons (Fsp3) is 0.480. The molecule has 0 bridgehead atoms. The van der Waals surface area contributed by atoms with Gasteiger partial charge in [-0.25, -0.2) is 4.79 Å². The summed E-state index contributed by atoms with van der Waals surface area (Å²) in [6.07, 6.45) is 6.71. The topological polar surface area (TPSA) is 68.8 Å². The highest BCUT2D eigenvalue weighted by atomic mass is 16.2. The van der Waals surface area contributed by atoms with Gasteiger partial charge in [0.1, 0.15) is 5.54 Å². The molecule has 0 saturated carbocycles. The zero-order valence-electron chi connectivity index (χ0n) is 18.4. The number of likely N-dealkylation sites (tertiary alicyclic amines) is 2. The zero-order valence-corrected chi connectivity index (χ0v) is 18.4. The minimum absolute atomic E-state index is 0.00521. The lowest BCUT2D eigenvalue weighted by Crippen LogP contribution is -2.55. The van der Waals surface area contributed by atoms with E-state index in [1.807, 2.05) is 18.3 Å². The number of carbonyl (C=O) groups excluding carboxylic acids is 2. The van der Waals surface area contributed by atoms with Crippen LogP contribution in [-0.2, 0) is 17.9 Å². The molecule has 1 aromatic heterocycles. The molecule has 7 nitrogen and oxygen atoms in total. The van der Waals surface area contributed by atoms with E-state index in [2.05, 4.69) is 50.4 Å². The van der Waals surface area contributed by atoms with Gasteiger partial charge in [0.05, 0.1) is 0 Å². The summed E-state index contributed by atoms with van der Waals surface area (Å²) in [5.74, 6) is -0.00688. The summed E-state index contributed by atoms with van der Waals surface area (Å²) in [6.45, 7) is 5.15. The number of aromatic nitrogens is 1. The number of amides is 3. The lowest BCUT2D eigenvalue weighted by Gasteiger charge is -2.38. The number of imide groups is 1. The minimum atomic E-state index is -0.711. The van der Waals surface area contributed by atoms with E-state index in [4.69, 9.17) is 0 Å². The summed E-state index contributed by atoms with van der Waals surface area (Å²) < 4.78 is 0. The molecule has 3 saturated heterocycles. The van der Waals surface area contributed by atoms with Crippen LogP contribution in [0.1, 0.15) is 36.8 Å². The van der Waals surface area contributed by atoms with Crippen LogP contribution in [-0.4, -0.2) is 69.4 Å². The van der Waals surface area contributed by atoms with Gasteiger partial charge in [-0.3, -0.25) is 24.5 Å². The van der Waals surface area contributed by atoms with Crippen molar-refractivity contribution in [2.75, 3.05) is 26.2 Å². The van der Waals surface area contributed by atoms with Crippen LogP contribution < -0.4 is 5.32 Å². The van der Waals surface area contributed by atoms with Crippen molar-refractivity contribution in [3.8, 4) is 0 Å². The maximum Gasteiger partial charge on any atom is 0.325 e. The molecular formula is C25H31N5O2. The number of carbonyl (C=O) groups is 2. The average Bonchev–Trinajstić information content (AvgIpc) is 3.06. The van der Waals surface area contributed by atoms with Crippen molar-refractivity contribution in [3.05, 3.63) is 66.0 Å². The van der Waals surface area contributed by atoms with E-state index in [1.165, 1.54) is 11.1 Å². The smallest absolute Gasteiger partial charge is 0.323 e. The Hall–Kier alpha value is -2.77. The van der Waals surface area contributed by atoms with Gasteiger partial charge >= 0.3 is 6.03 Å². The molecule has 0 aliphatic carbocycles. The first kappa shape index (κ1) is 21.1. The number of pyridine rings is 1. The monoisotopic (exact) mass is 433 g/mol. The minimum Gasteiger partial charge on any atom is -0.323 e. The largest absolute Gasteiger partial charge is 0.325 e. The Morgan fingerprint density at radius 1 is 0.875 bits per heavy atom. The number of benzene rings is 1. The summed E-state index contributed by atoms with van der Waals surface area (Å²) in [7, 11) is 0. The van der Waals surface area contributed by atoms with Crippen LogP contribution in [0.2, 0.25) is 0 Å². The third-order valence-corrected chi connectivity index (χ3v) is 7.20. The van der Waals surface area contributed by atoms with Gasteiger partial charge in [0.2, 0.25) is 0 Å². The lowest BCUT2D eigenvalue weighted by atomic mass is 9.86. The average molecular weight is 434 g/mol. The molecule has 3 amide bonds. The molecule has 3 aliphatic heterocycles. The molecular weight excluding hydrogens is 402 g/mol. The molecule has 32 heavy (non-hydrogen) atoms. The number of hydrogen-bond acceptors (Lipinski definition) is 5. The van der Waals surface area contributed by atoms with Crippen molar-refractivity contribution < 1.29 is 9.59 Å². The Bertz CT molecular complexity index is 935. The fourth-order valence-corrected chi connectivity index (χ4v) is 5.33. The van der Waals surface area contributed by atoms with E-state index in [9.17, 15) is 9.59 Å². The van der Waals surface area contributed by atoms with Crippen molar-refractivity contribution >= 4 is 11.9 Å². The summed E-state index contributed by atoms with van der Waals surface area (Å²) >= 11 is 0. The Kier molecular flexibility index (Phi) is 5.93. The molecule has 0 atom stereocenters. The molecule has 2 aromatic rings. The summed E-state index contributed by atoms with van der Waals surface area (Å²) in [6, 6.07) is 14.3. The number of piperidine rings is 2. The predicted molar refractivity (Wildman–Crippen MR) is 122 cm³/mol. The van der Waals surface area contributed by atoms with Crippen LogP contribution in [0.3, 0.4) is 0 Å². The van der Waals surface area contributed by atoms with Crippen molar-refractivity contribution in [1.82, 2.24) is 25.0 Å². The molecule has 1 aromatic carbocycles. The summed E-state index contributed by atoms with van der Waals surface area (Å²) in [4.78, 5) is 36.8. The standard InChI is InChI=1S/C25H31N5O2/c31-23-25(10-15-29(16-11-25)18-20-5-2-1-3-6-20)27-24(32)30(23)22-8-13-28(14-9-22)19-21-7-4-12-26-17-21/h1-7,12,17,22H,8-11,13-16,18-19H2,(H,27,32). The van der Waals surface area contributed by atoms with E-state index < -0.39 is 5.54 Å². The molecule has 4 heterocycles. The first-order valence-corrected chi connectivity index (χ1v) is 11.7. The highest BCUT2D eigenvalue weighted by molar-refractivity contribution is 6.07. The highest BCUT2D eigenvalue weighted by Crippen LogP contribution is 2.33. The molecule has 0 unspecified atom stereocenters. The van der Waals surface area contributed by atoms with E-state index in [-0.39, 0.29) is 18.0 Å². The third-order valence-electron chi connectivity index (χ3n) is 7.20. The van der Waals surface area contributed by atoms with Crippen molar-refractivity contribution in [3.63, 3.8) is 0 Å². The van der Waals surface area contributed by atoms with Crippen LogP contribution in [0.5, 0.6) is 0 Å². The van der Waals surface area contributed by atoms with Crippen molar-refractivity contribution in [1.29, 1.82) is 0 Å². The molecule has 168 valence electrons. The van der Waals surface area contributed by atoms with Gasteiger partial charge in [-0.2, -0.15) is 0 Å². The summed E-state index contributed by atoms with van der Waals surface area (Å²) in [5.41, 5.74) is 1.77. The second-order valence-electron chi connectivity index (χ2n) is 9.32. The number of rotatable bonds is 5. The second kappa shape index (κ2) is 9.00. The van der Waals surface area contributed by atoms with Crippen LogP contribution in [0.4, 0.5) is 4.79 Å². The maximum atomic E-state index is 13.4. The van der Waals surface area contributed by atoms with Crippen LogP contribution >= 0.6 is 0 Å². The van der Waals surface area contributed by atoms with Crippen molar-refractivity contribution in [2.45, 2.75) is 50.4 Å². The first-order valence-electron chi connectivity index (χ1n) is 11.7. The third kappa shape index (κ3) is 4.27. The number of nitrogens with zero attached hydrogens (tertiary/aromatic N) is 4. The van der Waals surface area contributed by atoms with Gasteiger partial charge in [0, 0.05) is 57.7 Å².